The van der Waals surface area contributed by atoms with E-state index in [2.05, 4.69) is 70.2 Å². The number of aryl methyl sites for hydroxylation is 3. The molecule has 3 rings (SSSR count). The molecular weight excluding hydrogens is 514 g/mol. The summed E-state index contributed by atoms with van der Waals surface area (Å²) in [5.41, 5.74) is 1.96. The molecule has 0 heterocycles. The van der Waals surface area contributed by atoms with Crippen LogP contribution in [0.2, 0.25) is 0 Å². The molecule has 1 nitrogen and oxygen atoms in total. The zero-order valence-corrected chi connectivity index (χ0v) is 22.8. The van der Waals surface area contributed by atoms with Gasteiger partial charge in [0.05, 0.1) is 0 Å². The summed E-state index contributed by atoms with van der Waals surface area (Å²) >= 11 is 0. The molecule has 0 aromatic heterocycles. The van der Waals surface area contributed by atoms with Crippen LogP contribution in [-0.2, 0) is 11.8 Å². The zero-order valence-electron chi connectivity index (χ0n) is 22.8. The Balaban J connectivity index is 2.02. The summed E-state index contributed by atoms with van der Waals surface area (Å²) in [7, 11) is 0. The number of halogens is 6. The first-order valence-corrected chi connectivity index (χ1v) is 13.0. The topological polar surface area (TPSA) is 20.2 Å². The second-order valence-corrected chi connectivity index (χ2v) is 10.0. The van der Waals surface area contributed by atoms with Gasteiger partial charge < -0.3 is 5.11 Å². The Kier molecular flexibility index (Phi) is 8.76. The molecule has 1 N–H and O–H groups in total. The van der Waals surface area contributed by atoms with Crippen LogP contribution in [0.1, 0.15) is 67.0 Å². The predicted octanol–water partition coefficient (Wildman–Crippen LogP) is 9.51. The van der Waals surface area contributed by atoms with Crippen LogP contribution in [0.25, 0.3) is 17.2 Å². The van der Waals surface area contributed by atoms with Crippen molar-refractivity contribution in [3.8, 4) is 11.1 Å². The Labute approximate surface area is 226 Å². The van der Waals surface area contributed by atoms with Gasteiger partial charge in [-0.1, -0.05) is 87.5 Å². The lowest BCUT2D eigenvalue weighted by molar-refractivity contribution is -0.347. The first-order valence-electron chi connectivity index (χ1n) is 13.0. The van der Waals surface area contributed by atoms with E-state index in [0.717, 1.165) is 47.1 Å². The van der Waals surface area contributed by atoms with Gasteiger partial charge in [-0.3, -0.25) is 0 Å². The number of rotatable bonds is 8. The Hall–Kier alpha value is -3.06. The highest BCUT2D eigenvalue weighted by atomic mass is 19.4. The highest BCUT2D eigenvalue weighted by molar-refractivity contribution is 5.68. The van der Waals surface area contributed by atoms with E-state index in [9.17, 15) is 31.4 Å². The minimum Gasteiger partial charge on any atom is -0.370 e. The fraction of sp³-hybridized carbons (Fsp3) is 0.375. The average Bonchev–Trinajstić information content (AvgIpc) is 2.88. The van der Waals surface area contributed by atoms with Crippen molar-refractivity contribution in [3.63, 3.8) is 0 Å². The molecule has 0 aliphatic heterocycles. The molecule has 0 spiro atoms. The summed E-state index contributed by atoms with van der Waals surface area (Å²) in [5, 5.41) is 9.47. The van der Waals surface area contributed by atoms with Crippen molar-refractivity contribution >= 4 is 6.08 Å². The average molecular weight is 549 g/mol. The highest BCUT2D eigenvalue weighted by Gasteiger charge is 2.68. The molecule has 7 heteroatoms. The van der Waals surface area contributed by atoms with E-state index >= 15 is 0 Å². The second-order valence-electron chi connectivity index (χ2n) is 10.0. The van der Waals surface area contributed by atoms with E-state index in [1.54, 1.807) is 19.1 Å². The lowest BCUT2D eigenvalue weighted by Crippen LogP contribution is -2.55. The van der Waals surface area contributed by atoms with Gasteiger partial charge in [0.15, 0.2) is 0 Å². The van der Waals surface area contributed by atoms with Crippen molar-refractivity contribution in [2.24, 2.45) is 0 Å². The minimum atomic E-state index is -5.91. The van der Waals surface area contributed by atoms with Crippen LogP contribution in [0.15, 0.2) is 66.7 Å². The van der Waals surface area contributed by atoms with E-state index in [1.165, 1.54) is 11.6 Å². The molecule has 0 fully saturated rings. The van der Waals surface area contributed by atoms with Gasteiger partial charge in [-0.05, 0) is 83.7 Å². The normalized spacial score (nSPS) is 13.3. The van der Waals surface area contributed by atoms with Gasteiger partial charge in [-0.2, -0.15) is 26.3 Å². The third kappa shape index (κ3) is 5.79. The molecule has 0 saturated heterocycles. The van der Waals surface area contributed by atoms with Crippen LogP contribution in [-0.4, -0.2) is 23.1 Å². The van der Waals surface area contributed by atoms with E-state index in [0.29, 0.717) is 11.6 Å². The van der Waals surface area contributed by atoms with Gasteiger partial charge in [0, 0.05) is 5.41 Å². The first kappa shape index (κ1) is 30.5. The van der Waals surface area contributed by atoms with E-state index < -0.39 is 23.4 Å². The summed E-state index contributed by atoms with van der Waals surface area (Å²) < 4.78 is 78.5. The number of benzene rings is 3. The summed E-state index contributed by atoms with van der Waals surface area (Å²) in [5.74, 6) is 0. The third-order valence-electron chi connectivity index (χ3n) is 7.85. The molecule has 0 atom stereocenters. The molecule has 0 saturated carbocycles. The largest absolute Gasteiger partial charge is 0.430 e. The summed E-state index contributed by atoms with van der Waals surface area (Å²) in [4.78, 5) is 0. The molecule has 0 amide bonds. The predicted molar refractivity (Wildman–Crippen MR) is 145 cm³/mol. The maximum absolute atomic E-state index is 13.1. The van der Waals surface area contributed by atoms with E-state index in [1.807, 2.05) is 0 Å². The lowest BCUT2D eigenvalue weighted by Gasteiger charge is -2.34. The second kappa shape index (κ2) is 11.2. The number of alkyl halides is 6. The maximum Gasteiger partial charge on any atom is 0.430 e. The van der Waals surface area contributed by atoms with Gasteiger partial charge in [0.25, 0.3) is 5.60 Å². The summed E-state index contributed by atoms with van der Waals surface area (Å²) in [6, 6.07) is 19.9. The fourth-order valence-electron chi connectivity index (χ4n) is 5.16. The Bertz CT molecular complexity index is 1300. The Morgan fingerprint density at radius 3 is 1.64 bits per heavy atom. The van der Waals surface area contributed by atoms with E-state index in [-0.39, 0.29) is 11.6 Å². The maximum atomic E-state index is 13.1. The van der Waals surface area contributed by atoms with Gasteiger partial charge in [0.1, 0.15) is 0 Å². The summed E-state index contributed by atoms with van der Waals surface area (Å²) in [6.07, 6.45) is -8.91. The van der Waals surface area contributed by atoms with Crippen molar-refractivity contribution in [3.05, 3.63) is 100 Å². The van der Waals surface area contributed by atoms with Crippen molar-refractivity contribution in [1.82, 2.24) is 0 Å². The van der Waals surface area contributed by atoms with Crippen LogP contribution in [0, 0.1) is 13.8 Å². The van der Waals surface area contributed by atoms with Crippen LogP contribution in [0.3, 0.4) is 0 Å². The molecule has 210 valence electrons. The fourth-order valence-corrected chi connectivity index (χ4v) is 5.16. The molecule has 39 heavy (non-hydrogen) atoms. The van der Waals surface area contributed by atoms with Crippen molar-refractivity contribution < 1.29 is 31.4 Å². The molecule has 0 aliphatic carbocycles. The minimum absolute atomic E-state index is 0.161. The number of hydrogen-bond donors (Lipinski definition) is 1. The molecule has 0 unspecified atom stereocenters. The van der Waals surface area contributed by atoms with Crippen molar-refractivity contribution in [1.29, 1.82) is 0 Å². The molecule has 0 radical (unpaired) electrons. The van der Waals surface area contributed by atoms with E-state index in [4.69, 9.17) is 0 Å². The monoisotopic (exact) mass is 548 g/mol. The molecule has 0 bridgehead atoms. The highest BCUT2D eigenvalue weighted by Crippen LogP contribution is 2.45. The standard InChI is InChI=1S/C32H34F6O/c1-6-23-9-11-25(12-10-23)28-16-15-27(20-22(28)5)29(7-2,8-3)26-14-13-24(21(4)19-26)17-18-30(39,31(33,34)35)32(36,37)38/h9-20,39H,6-8H2,1-5H3. The Morgan fingerprint density at radius 1 is 0.692 bits per heavy atom. The molecule has 0 aliphatic rings. The summed E-state index contributed by atoms with van der Waals surface area (Å²) in [6.45, 7) is 9.93. The zero-order chi connectivity index (χ0) is 29.2. The molecular formula is C32H34F6O. The van der Waals surface area contributed by atoms with Crippen LogP contribution in [0.5, 0.6) is 0 Å². The van der Waals surface area contributed by atoms with Gasteiger partial charge in [-0.15, -0.1) is 0 Å². The number of aliphatic hydroxyl groups is 1. The molecule has 3 aromatic carbocycles. The van der Waals surface area contributed by atoms with Crippen LogP contribution < -0.4 is 0 Å². The van der Waals surface area contributed by atoms with Crippen molar-refractivity contribution in [2.75, 3.05) is 0 Å². The smallest absolute Gasteiger partial charge is 0.370 e. The van der Waals surface area contributed by atoms with Gasteiger partial charge >= 0.3 is 12.4 Å². The quantitative estimate of drug-likeness (QED) is 0.278. The van der Waals surface area contributed by atoms with Gasteiger partial charge in [-0.25, -0.2) is 0 Å². The molecule has 3 aromatic rings. The SMILES string of the molecule is CCc1ccc(-c2ccc(C(CC)(CC)c3ccc(C=CC(O)(C(F)(F)F)C(F)(F)F)c(C)c3)cc2C)cc1. The van der Waals surface area contributed by atoms with Crippen LogP contribution in [0.4, 0.5) is 26.3 Å². The van der Waals surface area contributed by atoms with Crippen LogP contribution >= 0.6 is 0 Å². The Morgan fingerprint density at radius 2 is 1.21 bits per heavy atom. The first-order chi connectivity index (χ1) is 18.1. The van der Waals surface area contributed by atoms with Gasteiger partial charge in [0.2, 0.25) is 0 Å². The lowest BCUT2D eigenvalue weighted by atomic mass is 9.69. The van der Waals surface area contributed by atoms with Crippen molar-refractivity contribution in [2.45, 2.75) is 77.2 Å². The number of hydrogen-bond acceptors (Lipinski definition) is 1. The third-order valence-corrected chi connectivity index (χ3v) is 7.85.